The van der Waals surface area contributed by atoms with Crippen molar-refractivity contribution in [1.29, 1.82) is 0 Å². The zero-order chi connectivity index (χ0) is 14.2. The van der Waals surface area contributed by atoms with Crippen LogP contribution in [0.25, 0.3) is 11.4 Å². The highest BCUT2D eigenvalue weighted by Gasteiger charge is 2.13. The van der Waals surface area contributed by atoms with Crippen LogP contribution in [0, 0.1) is 0 Å². The van der Waals surface area contributed by atoms with Crippen LogP contribution in [0.4, 0.5) is 0 Å². The number of aromatic amines is 1. The van der Waals surface area contributed by atoms with Gasteiger partial charge >= 0.3 is 0 Å². The van der Waals surface area contributed by atoms with Gasteiger partial charge in [0.1, 0.15) is 10.3 Å². The van der Waals surface area contributed by atoms with E-state index in [2.05, 4.69) is 41.8 Å². The van der Waals surface area contributed by atoms with Crippen LogP contribution < -0.4 is 5.56 Å². The number of nitrogens with one attached hydrogen (secondary N) is 1. The maximum atomic E-state index is 11.9. The first-order valence-electron chi connectivity index (χ1n) is 5.65. The summed E-state index contributed by atoms with van der Waals surface area (Å²) in [6.45, 7) is 3.98. The predicted molar refractivity (Wildman–Crippen MR) is 84.8 cm³/mol. The van der Waals surface area contributed by atoms with Gasteiger partial charge in [-0.2, -0.15) is 0 Å². The molecule has 0 spiro atoms. The summed E-state index contributed by atoms with van der Waals surface area (Å²) in [7, 11) is 0. The van der Waals surface area contributed by atoms with Gasteiger partial charge in [0.2, 0.25) is 0 Å². The lowest BCUT2D eigenvalue weighted by atomic mass is 10.1. The molecule has 2 rings (SSSR count). The van der Waals surface area contributed by atoms with Crippen molar-refractivity contribution in [3.05, 3.63) is 48.2 Å². The molecule has 0 radical (unpaired) electrons. The largest absolute Gasteiger partial charge is 0.306 e. The molecule has 0 amide bonds. The second-order valence-corrected chi connectivity index (χ2v) is 6.45. The zero-order valence-electron chi connectivity index (χ0n) is 10.3. The third-order valence-corrected chi connectivity index (χ3v) is 4.63. The molecule has 0 atom stereocenters. The van der Waals surface area contributed by atoms with Gasteiger partial charge in [0.05, 0.1) is 10.7 Å². The van der Waals surface area contributed by atoms with E-state index in [4.69, 9.17) is 11.6 Å². The monoisotopic (exact) mass is 404 g/mol. The maximum absolute atomic E-state index is 11.9. The number of halogens is 3. The fraction of sp³-hybridized carbons (Fsp3) is 0.231. The van der Waals surface area contributed by atoms with E-state index in [-0.39, 0.29) is 11.5 Å². The molecule has 1 aromatic carbocycles. The Morgan fingerprint density at radius 2 is 2.00 bits per heavy atom. The number of hydrogen-bond donors (Lipinski definition) is 1. The highest BCUT2D eigenvalue weighted by Crippen LogP contribution is 2.28. The quantitative estimate of drug-likeness (QED) is 0.783. The van der Waals surface area contributed by atoms with Gasteiger partial charge in [-0.25, -0.2) is 4.98 Å². The van der Waals surface area contributed by atoms with Crippen molar-refractivity contribution in [2.75, 3.05) is 0 Å². The van der Waals surface area contributed by atoms with E-state index in [1.165, 1.54) is 0 Å². The van der Waals surface area contributed by atoms with Gasteiger partial charge in [-0.05, 0) is 49.9 Å². The Morgan fingerprint density at radius 3 is 2.58 bits per heavy atom. The standard InChI is InChI=1S/C13H11Br2ClN2O/c1-6(2)11-10(15)13(19)18-12(17-11)7-3-4-8(14)9(16)5-7/h3-6H,1-2H3,(H,17,18,19). The first-order chi connectivity index (χ1) is 8.90. The van der Waals surface area contributed by atoms with Crippen molar-refractivity contribution in [3.8, 4) is 11.4 Å². The van der Waals surface area contributed by atoms with Crippen molar-refractivity contribution in [2.45, 2.75) is 19.8 Å². The molecule has 2 aromatic rings. The first kappa shape index (κ1) is 14.8. The Labute approximate surface area is 132 Å². The molecule has 0 fully saturated rings. The summed E-state index contributed by atoms with van der Waals surface area (Å²) < 4.78 is 1.29. The van der Waals surface area contributed by atoms with Gasteiger partial charge in [0, 0.05) is 10.0 Å². The van der Waals surface area contributed by atoms with Gasteiger partial charge in [-0.15, -0.1) is 0 Å². The van der Waals surface area contributed by atoms with Gasteiger partial charge in [-0.1, -0.05) is 31.5 Å². The molecule has 100 valence electrons. The van der Waals surface area contributed by atoms with Crippen molar-refractivity contribution in [2.24, 2.45) is 0 Å². The van der Waals surface area contributed by atoms with Crippen molar-refractivity contribution in [3.63, 3.8) is 0 Å². The summed E-state index contributed by atoms with van der Waals surface area (Å²) >= 11 is 12.7. The zero-order valence-corrected chi connectivity index (χ0v) is 14.2. The molecule has 0 aliphatic rings. The molecule has 0 saturated heterocycles. The summed E-state index contributed by atoms with van der Waals surface area (Å²) in [6.07, 6.45) is 0. The number of nitrogens with zero attached hydrogens (tertiary/aromatic N) is 1. The third kappa shape index (κ3) is 3.09. The minimum atomic E-state index is -0.187. The summed E-state index contributed by atoms with van der Waals surface area (Å²) in [6, 6.07) is 5.45. The summed E-state index contributed by atoms with van der Waals surface area (Å²) in [4.78, 5) is 19.1. The van der Waals surface area contributed by atoms with E-state index in [9.17, 15) is 4.79 Å². The van der Waals surface area contributed by atoms with Crippen LogP contribution in [0.2, 0.25) is 5.02 Å². The molecule has 0 aliphatic heterocycles. The van der Waals surface area contributed by atoms with Crippen LogP contribution in [0.3, 0.4) is 0 Å². The lowest BCUT2D eigenvalue weighted by Gasteiger charge is -2.10. The average molecular weight is 407 g/mol. The van der Waals surface area contributed by atoms with Crippen LogP contribution >= 0.6 is 43.5 Å². The lowest BCUT2D eigenvalue weighted by molar-refractivity contribution is 0.803. The maximum Gasteiger partial charge on any atom is 0.265 e. The van der Waals surface area contributed by atoms with Crippen LogP contribution in [0.15, 0.2) is 31.9 Å². The Bertz CT molecular complexity index is 683. The predicted octanol–water partition coefficient (Wildman–Crippen LogP) is 4.74. The number of benzene rings is 1. The van der Waals surface area contributed by atoms with E-state index in [1.807, 2.05) is 26.0 Å². The molecule has 1 N–H and O–H groups in total. The molecule has 0 aliphatic carbocycles. The molecule has 0 saturated carbocycles. The van der Waals surface area contributed by atoms with Crippen LogP contribution in [-0.2, 0) is 0 Å². The molecule has 3 nitrogen and oxygen atoms in total. The molecule has 6 heteroatoms. The molecule has 19 heavy (non-hydrogen) atoms. The van der Waals surface area contributed by atoms with Crippen LogP contribution in [-0.4, -0.2) is 9.97 Å². The minimum absolute atomic E-state index is 0.154. The topological polar surface area (TPSA) is 45.8 Å². The number of aromatic nitrogens is 2. The van der Waals surface area contributed by atoms with Gasteiger partial charge < -0.3 is 4.98 Å². The fourth-order valence-corrected chi connectivity index (χ4v) is 2.71. The summed E-state index contributed by atoms with van der Waals surface area (Å²) in [5.41, 5.74) is 1.32. The molecular formula is C13H11Br2ClN2O. The SMILES string of the molecule is CC(C)c1nc(-c2ccc(Br)c(Cl)c2)[nH]c(=O)c1Br. The molecule has 0 unspecified atom stereocenters. The number of hydrogen-bond acceptors (Lipinski definition) is 2. The third-order valence-electron chi connectivity index (χ3n) is 2.63. The molecule has 0 bridgehead atoms. The number of rotatable bonds is 2. The Morgan fingerprint density at radius 1 is 1.32 bits per heavy atom. The van der Waals surface area contributed by atoms with Gasteiger partial charge in [-0.3, -0.25) is 4.79 Å². The molecular weight excluding hydrogens is 395 g/mol. The van der Waals surface area contributed by atoms with Crippen molar-refractivity contribution in [1.82, 2.24) is 9.97 Å². The molecule has 1 heterocycles. The highest BCUT2D eigenvalue weighted by molar-refractivity contribution is 9.10. The number of H-pyrrole nitrogens is 1. The van der Waals surface area contributed by atoms with Gasteiger partial charge in [0.25, 0.3) is 5.56 Å². The Kier molecular flexibility index (Phi) is 4.48. The van der Waals surface area contributed by atoms with Crippen LogP contribution in [0.1, 0.15) is 25.5 Å². The fourth-order valence-electron chi connectivity index (χ4n) is 1.64. The minimum Gasteiger partial charge on any atom is -0.306 e. The molecule has 1 aromatic heterocycles. The summed E-state index contributed by atoms with van der Waals surface area (Å²) in [5.74, 6) is 0.674. The van der Waals surface area contributed by atoms with Gasteiger partial charge in [0.15, 0.2) is 0 Å². The smallest absolute Gasteiger partial charge is 0.265 e. The second kappa shape index (κ2) is 5.77. The first-order valence-corrected chi connectivity index (χ1v) is 7.61. The second-order valence-electron chi connectivity index (χ2n) is 4.40. The van der Waals surface area contributed by atoms with E-state index < -0.39 is 0 Å². The van der Waals surface area contributed by atoms with E-state index in [1.54, 1.807) is 6.07 Å². The lowest BCUT2D eigenvalue weighted by Crippen LogP contribution is -2.14. The highest BCUT2D eigenvalue weighted by atomic mass is 79.9. The summed E-state index contributed by atoms with van der Waals surface area (Å²) in [5, 5.41) is 0.578. The van der Waals surface area contributed by atoms with Crippen molar-refractivity contribution >= 4 is 43.5 Å². The van der Waals surface area contributed by atoms with Crippen LogP contribution in [0.5, 0.6) is 0 Å². The van der Waals surface area contributed by atoms with E-state index in [0.717, 1.165) is 15.7 Å². The van der Waals surface area contributed by atoms with E-state index in [0.29, 0.717) is 15.3 Å². The van der Waals surface area contributed by atoms with Crippen molar-refractivity contribution < 1.29 is 0 Å². The Balaban J connectivity index is 2.63. The Hall–Kier alpha value is -0.650. The normalized spacial score (nSPS) is 11.1. The average Bonchev–Trinajstić information content (AvgIpc) is 2.35. The van der Waals surface area contributed by atoms with E-state index >= 15 is 0 Å².